The zero-order chi connectivity index (χ0) is 13.0. The Balaban J connectivity index is 3.24. The van der Waals surface area contributed by atoms with Gasteiger partial charge in [0.2, 0.25) is 0 Å². The molecule has 1 heterocycles. The average molecular weight is 247 g/mol. The summed E-state index contributed by atoms with van der Waals surface area (Å²) < 4.78 is 34.3. The number of halogens is 2. The number of hydrogen-bond acceptors (Lipinski definition) is 5. The minimum Gasteiger partial charge on any atom is -0.503 e. The van der Waals surface area contributed by atoms with Crippen LogP contribution in [0.15, 0.2) is 6.20 Å². The maximum absolute atomic E-state index is 12.7. The van der Waals surface area contributed by atoms with E-state index >= 15 is 0 Å². The number of carbonyl (C=O) groups is 1. The van der Waals surface area contributed by atoms with Gasteiger partial charge in [-0.2, -0.15) is 0 Å². The molecule has 0 radical (unpaired) electrons. The van der Waals surface area contributed by atoms with Crippen molar-refractivity contribution in [1.29, 1.82) is 0 Å². The van der Waals surface area contributed by atoms with Gasteiger partial charge in [-0.15, -0.1) is 0 Å². The van der Waals surface area contributed by atoms with Gasteiger partial charge in [0.05, 0.1) is 20.6 Å². The summed E-state index contributed by atoms with van der Waals surface area (Å²) in [6.45, 7) is 0. The first-order chi connectivity index (χ1) is 8.01. The van der Waals surface area contributed by atoms with Crippen LogP contribution in [0.1, 0.15) is 17.6 Å². The van der Waals surface area contributed by atoms with Crippen molar-refractivity contribution in [2.24, 2.45) is 0 Å². The zero-order valence-corrected chi connectivity index (χ0v) is 9.24. The molecule has 0 saturated heterocycles. The molecule has 0 bridgehead atoms. The third-order valence-corrected chi connectivity index (χ3v) is 2.14. The molecule has 7 heteroatoms. The standard InChI is InChI=1S/C10H11F2NO4/c1-16-7(14)3-5-6(9(11)12)4-13-10(17-2)8(5)15/h4,9,15H,3H2,1-2H3. The number of nitrogens with zero attached hydrogens (tertiary/aromatic N) is 1. The lowest BCUT2D eigenvalue weighted by molar-refractivity contribution is -0.139. The van der Waals surface area contributed by atoms with Crippen LogP contribution in [0.3, 0.4) is 0 Å². The molecule has 5 nitrogen and oxygen atoms in total. The van der Waals surface area contributed by atoms with Crippen molar-refractivity contribution >= 4 is 5.97 Å². The molecule has 0 fully saturated rings. The number of carbonyl (C=O) groups excluding carboxylic acids is 1. The Bertz CT molecular complexity index is 423. The number of aromatic nitrogens is 1. The summed E-state index contributed by atoms with van der Waals surface area (Å²) >= 11 is 0. The monoisotopic (exact) mass is 247 g/mol. The minimum atomic E-state index is -2.85. The third kappa shape index (κ3) is 2.80. The largest absolute Gasteiger partial charge is 0.503 e. The van der Waals surface area contributed by atoms with Crippen molar-refractivity contribution in [3.63, 3.8) is 0 Å². The van der Waals surface area contributed by atoms with E-state index in [0.717, 1.165) is 13.3 Å². The van der Waals surface area contributed by atoms with Crippen LogP contribution in [0.4, 0.5) is 8.78 Å². The summed E-state index contributed by atoms with van der Waals surface area (Å²) in [5.74, 6) is -1.53. The molecule has 0 saturated carbocycles. The highest BCUT2D eigenvalue weighted by atomic mass is 19.3. The molecule has 1 aromatic rings. The molecule has 0 atom stereocenters. The quantitative estimate of drug-likeness (QED) is 0.815. The highest BCUT2D eigenvalue weighted by molar-refractivity contribution is 5.74. The fourth-order valence-corrected chi connectivity index (χ4v) is 1.27. The molecule has 1 aromatic heterocycles. The van der Waals surface area contributed by atoms with Crippen molar-refractivity contribution in [2.75, 3.05) is 14.2 Å². The molecule has 94 valence electrons. The molecule has 0 amide bonds. The molecule has 0 aliphatic carbocycles. The van der Waals surface area contributed by atoms with Crippen LogP contribution in [0.25, 0.3) is 0 Å². The minimum absolute atomic E-state index is 0.215. The Morgan fingerprint density at radius 1 is 1.53 bits per heavy atom. The number of rotatable bonds is 4. The number of hydrogen-bond donors (Lipinski definition) is 1. The molecular formula is C10H11F2NO4. The van der Waals surface area contributed by atoms with Gasteiger partial charge >= 0.3 is 5.97 Å². The molecule has 1 rings (SSSR count). The molecule has 0 aliphatic rings. The van der Waals surface area contributed by atoms with E-state index in [1.54, 1.807) is 0 Å². The number of alkyl halides is 2. The van der Waals surface area contributed by atoms with E-state index in [0.29, 0.717) is 0 Å². The van der Waals surface area contributed by atoms with Crippen molar-refractivity contribution in [3.05, 3.63) is 17.3 Å². The van der Waals surface area contributed by atoms with Crippen LogP contribution >= 0.6 is 0 Å². The van der Waals surface area contributed by atoms with Crippen LogP contribution in [0.5, 0.6) is 11.6 Å². The highest BCUT2D eigenvalue weighted by Crippen LogP contribution is 2.34. The lowest BCUT2D eigenvalue weighted by atomic mass is 10.1. The maximum Gasteiger partial charge on any atom is 0.310 e. The van der Waals surface area contributed by atoms with Crippen LogP contribution < -0.4 is 4.74 Å². The van der Waals surface area contributed by atoms with Crippen molar-refractivity contribution < 1.29 is 28.2 Å². The second-order valence-corrected chi connectivity index (χ2v) is 3.10. The third-order valence-electron chi connectivity index (χ3n) is 2.14. The van der Waals surface area contributed by atoms with Crippen LogP contribution in [-0.2, 0) is 16.0 Å². The van der Waals surface area contributed by atoms with Crippen LogP contribution in [0.2, 0.25) is 0 Å². The molecule has 0 spiro atoms. The van der Waals surface area contributed by atoms with Gasteiger partial charge in [0.25, 0.3) is 12.3 Å². The van der Waals surface area contributed by atoms with E-state index in [4.69, 9.17) is 0 Å². The number of esters is 1. The van der Waals surface area contributed by atoms with Gasteiger partial charge in [-0.05, 0) is 0 Å². The maximum atomic E-state index is 12.7. The fraction of sp³-hybridized carbons (Fsp3) is 0.400. The lowest BCUT2D eigenvalue weighted by Crippen LogP contribution is -2.08. The van der Waals surface area contributed by atoms with Crippen molar-refractivity contribution in [2.45, 2.75) is 12.8 Å². The predicted octanol–water partition coefficient (Wildman–Crippen LogP) is 1.45. The summed E-state index contributed by atoms with van der Waals surface area (Å²) in [5.41, 5.74) is -0.757. The normalized spacial score (nSPS) is 10.4. The number of ether oxygens (including phenoxy) is 2. The Kier molecular flexibility index (Phi) is 4.19. The summed E-state index contributed by atoms with van der Waals surface area (Å²) in [4.78, 5) is 14.6. The molecule has 0 aromatic carbocycles. The Morgan fingerprint density at radius 3 is 2.65 bits per heavy atom. The first kappa shape index (κ1) is 13.1. The van der Waals surface area contributed by atoms with E-state index < -0.39 is 30.1 Å². The van der Waals surface area contributed by atoms with E-state index in [-0.39, 0.29) is 11.4 Å². The smallest absolute Gasteiger partial charge is 0.310 e. The lowest BCUT2D eigenvalue weighted by Gasteiger charge is -2.11. The van der Waals surface area contributed by atoms with Gasteiger partial charge in [-0.3, -0.25) is 4.79 Å². The average Bonchev–Trinajstić information content (AvgIpc) is 2.30. The summed E-state index contributed by atoms with van der Waals surface area (Å²) in [7, 11) is 2.35. The molecular weight excluding hydrogens is 236 g/mol. The summed E-state index contributed by atoms with van der Waals surface area (Å²) in [6, 6.07) is 0. The van der Waals surface area contributed by atoms with E-state index in [1.807, 2.05) is 0 Å². The topological polar surface area (TPSA) is 68.7 Å². The molecule has 17 heavy (non-hydrogen) atoms. The second kappa shape index (κ2) is 5.42. The van der Waals surface area contributed by atoms with Crippen LogP contribution in [0, 0.1) is 0 Å². The van der Waals surface area contributed by atoms with Gasteiger partial charge in [0.1, 0.15) is 0 Å². The number of methoxy groups -OCH3 is 2. The molecule has 1 N–H and O–H groups in total. The summed E-state index contributed by atoms with van der Waals surface area (Å²) in [5, 5.41) is 9.63. The van der Waals surface area contributed by atoms with Crippen molar-refractivity contribution in [1.82, 2.24) is 4.98 Å². The SMILES string of the molecule is COC(=O)Cc1c(C(F)F)cnc(OC)c1O. The Hall–Kier alpha value is -1.92. The van der Waals surface area contributed by atoms with Crippen molar-refractivity contribution in [3.8, 4) is 11.6 Å². The fourth-order valence-electron chi connectivity index (χ4n) is 1.27. The molecule has 0 unspecified atom stereocenters. The van der Waals surface area contributed by atoms with Gasteiger partial charge in [0.15, 0.2) is 5.75 Å². The zero-order valence-electron chi connectivity index (χ0n) is 9.24. The van der Waals surface area contributed by atoms with E-state index in [2.05, 4.69) is 14.5 Å². The predicted molar refractivity (Wildman–Crippen MR) is 53.1 cm³/mol. The van der Waals surface area contributed by atoms with E-state index in [1.165, 1.54) is 7.11 Å². The number of pyridine rings is 1. The van der Waals surface area contributed by atoms with Gasteiger partial charge in [0, 0.05) is 17.3 Å². The van der Waals surface area contributed by atoms with Gasteiger partial charge < -0.3 is 14.6 Å². The first-order valence-corrected chi connectivity index (χ1v) is 4.61. The first-order valence-electron chi connectivity index (χ1n) is 4.61. The second-order valence-electron chi connectivity index (χ2n) is 3.10. The Morgan fingerprint density at radius 2 is 2.18 bits per heavy atom. The van der Waals surface area contributed by atoms with Gasteiger partial charge in [-0.25, -0.2) is 13.8 Å². The van der Waals surface area contributed by atoms with Gasteiger partial charge in [-0.1, -0.05) is 0 Å². The van der Waals surface area contributed by atoms with Crippen LogP contribution in [-0.4, -0.2) is 30.3 Å². The molecule has 0 aliphatic heterocycles. The number of aromatic hydroxyl groups is 1. The van der Waals surface area contributed by atoms with E-state index in [9.17, 15) is 18.7 Å². The highest BCUT2D eigenvalue weighted by Gasteiger charge is 2.22. The summed E-state index contributed by atoms with van der Waals surface area (Å²) in [6.07, 6.45) is -2.46. The Labute approximate surface area is 96.0 Å².